The fourth-order valence-electron chi connectivity index (χ4n) is 4.71. The number of aromatic nitrogens is 1. The summed E-state index contributed by atoms with van der Waals surface area (Å²) in [5.74, 6) is -3.07. The molecule has 0 N–H and O–H groups in total. The van der Waals surface area contributed by atoms with E-state index >= 15 is 0 Å². The highest BCUT2D eigenvalue weighted by Gasteiger charge is 2.81. The van der Waals surface area contributed by atoms with E-state index in [2.05, 4.69) is 9.68 Å². The van der Waals surface area contributed by atoms with Gasteiger partial charge in [-0.25, -0.2) is 4.89 Å². The molecule has 2 aliphatic heterocycles. The number of nitrogens with zero attached hydrogens (tertiary/aromatic N) is 1. The zero-order valence-corrected chi connectivity index (χ0v) is 16.6. The Hall–Kier alpha value is -2.10. The zero-order chi connectivity index (χ0) is 21.5. The molecule has 2 atom stereocenters. The summed E-state index contributed by atoms with van der Waals surface area (Å²) >= 11 is 0. The van der Waals surface area contributed by atoms with Crippen molar-refractivity contribution in [3.8, 4) is 17.0 Å². The van der Waals surface area contributed by atoms with E-state index in [0.717, 1.165) is 0 Å². The summed E-state index contributed by atoms with van der Waals surface area (Å²) in [6.45, 7) is 10.4. The normalized spacial score (nSPS) is 28.8. The first-order valence-corrected chi connectivity index (χ1v) is 9.12. The van der Waals surface area contributed by atoms with Crippen LogP contribution >= 0.6 is 0 Å². The first kappa shape index (κ1) is 20.2. The number of halogens is 3. The number of fused-ring (bicyclic) bond motifs is 1. The van der Waals surface area contributed by atoms with Gasteiger partial charge < -0.3 is 14.4 Å². The number of hydrogen-bond donors (Lipinski definition) is 0. The van der Waals surface area contributed by atoms with Crippen molar-refractivity contribution in [3.05, 3.63) is 35.6 Å². The number of alkyl halides is 3. The van der Waals surface area contributed by atoms with E-state index in [0.29, 0.717) is 18.2 Å². The summed E-state index contributed by atoms with van der Waals surface area (Å²) in [7, 11) is 0. The molecule has 29 heavy (non-hydrogen) atoms. The average Bonchev–Trinajstić information content (AvgIpc) is 3.07. The van der Waals surface area contributed by atoms with E-state index in [4.69, 9.17) is 14.5 Å². The van der Waals surface area contributed by atoms with Gasteiger partial charge in [0.2, 0.25) is 5.76 Å². The summed E-state index contributed by atoms with van der Waals surface area (Å²) in [5, 5.41) is 16.1. The minimum absolute atomic E-state index is 0.0109. The van der Waals surface area contributed by atoms with Crippen LogP contribution in [0.1, 0.15) is 45.9 Å². The molecular formula is C20H21F3NO5-. The molecule has 2 fully saturated rings. The highest BCUT2D eigenvalue weighted by molar-refractivity contribution is 5.67. The Morgan fingerprint density at radius 2 is 1.76 bits per heavy atom. The fraction of sp³-hybridized carbons (Fsp3) is 0.550. The topological polar surface area (TPSA) is 76.8 Å². The minimum atomic E-state index is -4.68. The summed E-state index contributed by atoms with van der Waals surface area (Å²) in [6.07, 6.45) is -4.68. The molecular weight excluding hydrogens is 391 g/mol. The van der Waals surface area contributed by atoms with Crippen molar-refractivity contribution in [1.82, 2.24) is 5.16 Å². The first-order valence-electron chi connectivity index (χ1n) is 9.12. The summed E-state index contributed by atoms with van der Waals surface area (Å²) in [6, 6.07) is 4.98. The van der Waals surface area contributed by atoms with Gasteiger partial charge in [-0.1, -0.05) is 63.7 Å². The second-order valence-electron chi connectivity index (χ2n) is 9.17. The molecule has 0 spiro atoms. The predicted molar refractivity (Wildman–Crippen MR) is 92.2 cm³/mol. The van der Waals surface area contributed by atoms with Gasteiger partial charge in [-0.3, -0.25) is 0 Å². The van der Waals surface area contributed by atoms with Crippen LogP contribution in [0.5, 0.6) is 5.75 Å². The third kappa shape index (κ3) is 2.50. The Kier molecular flexibility index (Phi) is 3.99. The fourth-order valence-corrected chi connectivity index (χ4v) is 4.71. The minimum Gasteiger partial charge on any atom is -0.872 e. The summed E-state index contributed by atoms with van der Waals surface area (Å²) in [5.41, 5.74) is -1.44. The van der Waals surface area contributed by atoms with Crippen molar-refractivity contribution in [2.75, 3.05) is 6.61 Å². The first-order chi connectivity index (χ1) is 13.3. The lowest BCUT2D eigenvalue weighted by Crippen LogP contribution is -2.73. The van der Waals surface area contributed by atoms with Crippen molar-refractivity contribution in [2.45, 2.75) is 52.2 Å². The Morgan fingerprint density at radius 3 is 2.24 bits per heavy atom. The van der Waals surface area contributed by atoms with Crippen LogP contribution in [0.15, 0.2) is 28.8 Å². The van der Waals surface area contributed by atoms with Gasteiger partial charge in [0, 0.05) is 22.5 Å². The van der Waals surface area contributed by atoms with Gasteiger partial charge in [0.25, 0.3) is 5.79 Å². The molecule has 9 heteroatoms. The maximum Gasteiger partial charge on any atom is 0.452 e. The van der Waals surface area contributed by atoms with Crippen LogP contribution < -0.4 is 5.11 Å². The second kappa shape index (κ2) is 5.74. The molecule has 0 radical (unpaired) electrons. The van der Waals surface area contributed by atoms with Crippen molar-refractivity contribution >= 4 is 0 Å². The van der Waals surface area contributed by atoms with Crippen LogP contribution in [-0.2, 0) is 26.5 Å². The summed E-state index contributed by atoms with van der Waals surface area (Å²) in [4.78, 5) is 11.2. The van der Waals surface area contributed by atoms with Gasteiger partial charge in [0.05, 0.1) is 6.61 Å². The van der Waals surface area contributed by atoms with E-state index in [1.807, 2.05) is 34.6 Å². The van der Waals surface area contributed by atoms with E-state index in [9.17, 15) is 18.3 Å². The molecule has 2 saturated heterocycles. The van der Waals surface area contributed by atoms with E-state index in [-0.39, 0.29) is 11.3 Å². The molecule has 2 aromatic rings. The molecule has 1 aromatic heterocycles. The maximum absolute atomic E-state index is 12.8. The molecule has 0 bridgehead atoms. The Labute approximate surface area is 165 Å². The SMILES string of the molecule is CC(C)(C)C12OOC1(c1ccc(-c3cc(C(F)(F)F)on3)c([O-])c1)OCC2(C)C. The van der Waals surface area contributed by atoms with Gasteiger partial charge in [-0.15, -0.1) is 0 Å². The highest BCUT2D eigenvalue weighted by atomic mass is 19.4. The van der Waals surface area contributed by atoms with E-state index < -0.39 is 39.9 Å². The molecule has 158 valence electrons. The molecule has 2 aliphatic rings. The van der Waals surface area contributed by atoms with Gasteiger partial charge in [-0.05, 0) is 5.56 Å². The van der Waals surface area contributed by atoms with Crippen molar-refractivity contribution in [2.24, 2.45) is 10.8 Å². The molecule has 0 amide bonds. The van der Waals surface area contributed by atoms with Crippen LogP contribution in [0.25, 0.3) is 11.3 Å². The van der Waals surface area contributed by atoms with Crippen molar-refractivity contribution in [3.63, 3.8) is 0 Å². The lowest BCUT2D eigenvalue weighted by molar-refractivity contribution is -0.626. The number of rotatable bonds is 2. The van der Waals surface area contributed by atoms with Crippen LogP contribution in [-0.4, -0.2) is 17.4 Å². The number of hydrogen-bond acceptors (Lipinski definition) is 6. The summed E-state index contributed by atoms with van der Waals surface area (Å²) < 4.78 is 48.6. The molecule has 6 nitrogen and oxygen atoms in total. The molecule has 3 heterocycles. The molecule has 2 unspecified atom stereocenters. The quantitative estimate of drug-likeness (QED) is 0.681. The van der Waals surface area contributed by atoms with Crippen LogP contribution in [0.3, 0.4) is 0 Å². The van der Waals surface area contributed by atoms with Crippen LogP contribution in [0.4, 0.5) is 13.2 Å². The van der Waals surface area contributed by atoms with Crippen molar-refractivity contribution in [1.29, 1.82) is 0 Å². The second-order valence-corrected chi connectivity index (χ2v) is 9.17. The smallest absolute Gasteiger partial charge is 0.452 e. The number of ether oxygens (including phenoxy) is 1. The zero-order valence-electron chi connectivity index (χ0n) is 16.6. The molecule has 0 saturated carbocycles. The molecule has 0 aliphatic carbocycles. The molecule has 1 aromatic carbocycles. The lowest BCUT2D eigenvalue weighted by Gasteiger charge is -2.61. The van der Waals surface area contributed by atoms with Gasteiger partial charge >= 0.3 is 6.18 Å². The lowest BCUT2D eigenvalue weighted by atomic mass is 9.57. The van der Waals surface area contributed by atoms with Crippen LogP contribution in [0, 0.1) is 10.8 Å². The number of benzene rings is 1. The average molecular weight is 412 g/mol. The highest BCUT2D eigenvalue weighted by Crippen LogP contribution is 2.69. The van der Waals surface area contributed by atoms with Crippen molar-refractivity contribution < 1.29 is 37.3 Å². The van der Waals surface area contributed by atoms with Gasteiger partial charge in [-0.2, -0.15) is 18.1 Å². The van der Waals surface area contributed by atoms with Crippen LogP contribution in [0.2, 0.25) is 0 Å². The van der Waals surface area contributed by atoms with E-state index in [1.54, 1.807) is 6.07 Å². The molecule has 4 rings (SSSR count). The largest absolute Gasteiger partial charge is 0.872 e. The third-order valence-corrected chi connectivity index (χ3v) is 5.82. The van der Waals surface area contributed by atoms with Gasteiger partial charge in [0.15, 0.2) is 5.60 Å². The van der Waals surface area contributed by atoms with Gasteiger partial charge in [0.1, 0.15) is 5.69 Å². The third-order valence-electron chi connectivity index (χ3n) is 5.82. The maximum atomic E-state index is 12.8. The Morgan fingerprint density at radius 1 is 1.07 bits per heavy atom. The Bertz CT molecular complexity index is 962. The van der Waals surface area contributed by atoms with E-state index in [1.165, 1.54) is 12.1 Å². The standard InChI is InChI=1S/C20H22F3NO5/c1-16(2,3)20-17(4,5)10-26-18(20,28-29-20)11-6-7-12(14(25)8-11)13-9-15(27-24-13)19(21,22)23/h6-9,25H,10H2,1-5H3/p-1. The Balaban J connectivity index is 1.77. The predicted octanol–water partition coefficient (Wildman–Crippen LogP) is 4.39. The monoisotopic (exact) mass is 412 g/mol.